The molecule has 0 spiro atoms. The fourth-order valence-corrected chi connectivity index (χ4v) is 1.80. The van der Waals surface area contributed by atoms with Gasteiger partial charge in [-0.1, -0.05) is 24.4 Å². The number of halogens is 1. The summed E-state index contributed by atoms with van der Waals surface area (Å²) in [7, 11) is 0. The Morgan fingerprint density at radius 2 is 2.15 bits per heavy atom. The van der Waals surface area contributed by atoms with Crippen LogP contribution in [-0.2, 0) is 0 Å². The average molecular weight is 296 g/mol. The van der Waals surface area contributed by atoms with E-state index >= 15 is 0 Å². The van der Waals surface area contributed by atoms with Gasteiger partial charge in [0.15, 0.2) is 11.5 Å². The second kappa shape index (κ2) is 8.34. The first-order valence-electron chi connectivity index (χ1n) is 6.44. The summed E-state index contributed by atoms with van der Waals surface area (Å²) in [6.45, 7) is 4.99. The first-order valence-corrected chi connectivity index (χ1v) is 6.82. The van der Waals surface area contributed by atoms with Gasteiger partial charge in [-0.3, -0.25) is 4.79 Å². The molecule has 1 aromatic rings. The fraction of sp³-hybridized carbons (Fsp3) is 0.400. The molecule has 0 unspecified atom stereocenters. The molecule has 0 aromatic heterocycles. The minimum atomic E-state index is -0.298. The van der Waals surface area contributed by atoms with E-state index in [2.05, 4.69) is 11.2 Å². The second-order valence-corrected chi connectivity index (χ2v) is 4.36. The van der Waals surface area contributed by atoms with Crippen LogP contribution in [0.25, 0.3) is 0 Å². The number of amides is 1. The Bertz CT molecular complexity index is 509. The first-order chi connectivity index (χ1) is 9.63. The molecule has 0 aliphatic rings. The van der Waals surface area contributed by atoms with Gasteiger partial charge < -0.3 is 14.8 Å². The second-order valence-electron chi connectivity index (χ2n) is 3.95. The van der Waals surface area contributed by atoms with Gasteiger partial charge in [0.05, 0.1) is 24.8 Å². The fourth-order valence-electron chi connectivity index (χ4n) is 1.54. The summed E-state index contributed by atoms with van der Waals surface area (Å²) in [5, 5.41) is 2.92. The van der Waals surface area contributed by atoms with Gasteiger partial charge in [-0.2, -0.15) is 0 Å². The summed E-state index contributed by atoms with van der Waals surface area (Å²) in [6.07, 6.45) is 5.96. The van der Waals surface area contributed by atoms with E-state index in [4.69, 9.17) is 27.5 Å². The molecule has 1 N–H and O–H groups in total. The van der Waals surface area contributed by atoms with Gasteiger partial charge in [-0.25, -0.2) is 0 Å². The van der Waals surface area contributed by atoms with E-state index < -0.39 is 0 Å². The summed E-state index contributed by atoms with van der Waals surface area (Å²) in [5.41, 5.74) is 0.387. The standard InChI is InChI=1S/C15H18ClNO3/c1-4-7-17-15(18)11-9-12(16)14(20-8-5-2)13(10-11)19-6-3/h1,9-10H,5-8H2,2-3H3,(H,17,18). The minimum Gasteiger partial charge on any atom is -0.490 e. The van der Waals surface area contributed by atoms with Crippen LogP contribution in [0.2, 0.25) is 5.02 Å². The quantitative estimate of drug-likeness (QED) is 0.787. The highest BCUT2D eigenvalue weighted by molar-refractivity contribution is 6.32. The monoisotopic (exact) mass is 295 g/mol. The largest absolute Gasteiger partial charge is 0.490 e. The third-order valence-electron chi connectivity index (χ3n) is 2.37. The molecule has 0 atom stereocenters. The van der Waals surface area contributed by atoms with E-state index in [1.807, 2.05) is 13.8 Å². The summed E-state index contributed by atoms with van der Waals surface area (Å²) in [6, 6.07) is 3.15. The van der Waals surface area contributed by atoms with Gasteiger partial charge in [0.25, 0.3) is 5.91 Å². The lowest BCUT2D eigenvalue weighted by Crippen LogP contribution is -2.23. The number of benzene rings is 1. The Morgan fingerprint density at radius 1 is 1.40 bits per heavy atom. The van der Waals surface area contributed by atoms with E-state index in [1.54, 1.807) is 12.1 Å². The van der Waals surface area contributed by atoms with Gasteiger partial charge in [0, 0.05) is 5.56 Å². The summed E-state index contributed by atoms with van der Waals surface area (Å²) >= 11 is 6.16. The molecule has 0 radical (unpaired) electrons. The zero-order valence-corrected chi connectivity index (χ0v) is 12.4. The Balaban J connectivity index is 3.05. The molecule has 0 saturated heterocycles. The van der Waals surface area contributed by atoms with Crippen LogP contribution < -0.4 is 14.8 Å². The summed E-state index contributed by atoms with van der Waals surface area (Å²) < 4.78 is 11.0. The highest BCUT2D eigenvalue weighted by atomic mass is 35.5. The predicted molar refractivity (Wildman–Crippen MR) is 79.6 cm³/mol. The number of carbonyl (C=O) groups excluding carboxylic acids is 1. The Labute approximate surface area is 124 Å². The summed E-state index contributed by atoms with van der Waals surface area (Å²) in [4.78, 5) is 11.9. The molecule has 0 aliphatic heterocycles. The van der Waals surface area contributed by atoms with Crippen LogP contribution in [0.5, 0.6) is 11.5 Å². The van der Waals surface area contributed by atoms with E-state index in [0.29, 0.717) is 35.3 Å². The van der Waals surface area contributed by atoms with Crippen LogP contribution in [0.15, 0.2) is 12.1 Å². The zero-order chi connectivity index (χ0) is 15.0. The molecule has 0 saturated carbocycles. The normalized spacial score (nSPS) is 9.70. The Hall–Kier alpha value is -1.86. The number of terminal acetylenes is 1. The highest BCUT2D eigenvalue weighted by Gasteiger charge is 2.15. The van der Waals surface area contributed by atoms with Crippen molar-refractivity contribution >= 4 is 17.5 Å². The molecular formula is C15H18ClNO3. The molecule has 0 bridgehead atoms. The number of rotatable bonds is 7. The number of ether oxygens (including phenoxy) is 2. The maximum absolute atomic E-state index is 11.9. The number of carbonyl (C=O) groups is 1. The lowest BCUT2D eigenvalue weighted by Gasteiger charge is -2.14. The number of hydrogen-bond acceptors (Lipinski definition) is 3. The van der Waals surface area contributed by atoms with Crippen molar-refractivity contribution in [3.8, 4) is 23.8 Å². The third kappa shape index (κ3) is 4.36. The molecule has 4 nitrogen and oxygen atoms in total. The Morgan fingerprint density at radius 3 is 2.75 bits per heavy atom. The van der Waals surface area contributed by atoms with Gasteiger partial charge in [-0.15, -0.1) is 6.42 Å². The SMILES string of the molecule is C#CCNC(=O)c1cc(Cl)c(OCCC)c(OCC)c1. The van der Waals surface area contributed by atoms with Crippen molar-refractivity contribution in [2.45, 2.75) is 20.3 Å². The first kappa shape index (κ1) is 16.2. The van der Waals surface area contributed by atoms with Crippen molar-refractivity contribution in [3.63, 3.8) is 0 Å². The van der Waals surface area contributed by atoms with E-state index in [-0.39, 0.29) is 12.5 Å². The van der Waals surface area contributed by atoms with Crippen LogP contribution in [0.1, 0.15) is 30.6 Å². The van der Waals surface area contributed by atoms with Crippen LogP contribution in [-0.4, -0.2) is 25.7 Å². The van der Waals surface area contributed by atoms with Gasteiger partial charge >= 0.3 is 0 Å². The van der Waals surface area contributed by atoms with Crippen LogP contribution in [0.3, 0.4) is 0 Å². The molecule has 0 fully saturated rings. The molecule has 1 amide bonds. The maximum atomic E-state index is 11.9. The lowest BCUT2D eigenvalue weighted by molar-refractivity contribution is 0.0958. The van der Waals surface area contributed by atoms with Crippen molar-refractivity contribution in [2.75, 3.05) is 19.8 Å². The molecule has 20 heavy (non-hydrogen) atoms. The molecule has 0 aliphatic carbocycles. The van der Waals surface area contributed by atoms with Crippen molar-refractivity contribution in [1.29, 1.82) is 0 Å². The number of nitrogens with one attached hydrogen (secondary N) is 1. The van der Waals surface area contributed by atoms with Gasteiger partial charge in [0.2, 0.25) is 0 Å². The molecule has 1 aromatic carbocycles. The average Bonchev–Trinajstić information content (AvgIpc) is 2.44. The smallest absolute Gasteiger partial charge is 0.252 e. The summed E-state index contributed by atoms with van der Waals surface area (Å²) in [5.74, 6) is 2.96. The molecule has 108 valence electrons. The van der Waals surface area contributed by atoms with Gasteiger partial charge in [0.1, 0.15) is 0 Å². The van der Waals surface area contributed by atoms with Crippen molar-refractivity contribution in [3.05, 3.63) is 22.7 Å². The van der Waals surface area contributed by atoms with Crippen molar-refractivity contribution in [2.24, 2.45) is 0 Å². The van der Waals surface area contributed by atoms with E-state index in [9.17, 15) is 4.79 Å². The van der Waals surface area contributed by atoms with Crippen LogP contribution >= 0.6 is 11.6 Å². The minimum absolute atomic E-state index is 0.161. The van der Waals surface area contributed by atoms with Gasteiger partial charge in [-0.05, 0) is 25.5 Å². The van der Waals surface area contributed by atoms with E-state index in [0.717, 1.165) is 6.42 Å². The Kier molecular flexibility index (Phi) is 6.75. The number of hydrogen-bond donors (Lipinski definition) is 1. The molecule has 0 heterocycles. The highest BCUT2D eigenvalue weighted by Crippen LogP contribution is 2.36. The lowest BCUT2D eigenvalue weighted by atomic mass is 10.2. The van der Waals surface area contributed by atoms with Crippen LogP contribution in [0.4, 0.5) is 0 Å². The third-order valence-corrected chi connectivity index (χ3v) is 2.65. The van der Waals surface area contributed by atoms with Crippen molar-refractivity contribution in [1.82, 2.24) is 5.32 Å². The molecule has 1 rings (SSSR count). The topological polar surface area (TPSA) is 47.6 Å². The van der Waals surface area contributed by atoms with E-state index in [1.165, 1.54) is 0 Å². The van der Waals surface area contributed by atoms with Crippen LogP contribution in [0, 0.1) is 12.3 Å². The van der Waals surface area contributed by atoms with Crippen molar-refractivity contribution < 1.29 is 14.3 Å². The molecular weight excluding hydrogens is 278 g/mol. The maximum Gasteiger partial charge on any atom is 0.252 e. The zero-order valence-electron chi connectivity index (χ0n) is 11.7. The molecule has 5 heteroatoms. The predicted octanol–water partition coefficient (Wildman–Crippen LogP) is 2.89.